The first-order valence-electron chi connectivity index (χ1n) is 12.0. The highest BCUT2D eigenvalue weighted by atomic mass is 19.4. The maximum absolute atomic E-state index is 13.3. The molecule has 1 aliphatic rings. The molecule has 1 fully saturated rings. The Bertz CT molecular complexity index is 1110. The molecule has 190 valence electrons. The lowest BCUT2D eigenvalue weighted by molar-refractivity contribution is -0.211. The number of aliphatic hydroxyl groups is 1. The van der Waals surface area contributed by atoms with Crippen LogP contribution >= 0.6 is 0 Å². The number of halogens is 3. The van der Waals surface area contributed by atoms with Crippen molar-refractivity contribution in [3.05, 3.63) is 41.1 Å². The summed E-state index contributed by atoms with van der Waals surface area (Å²) in [5, 5.41) is 27.6. The van der Waals surface area contributed by atoms with Crippen molar-refractivity contribution in [2.24, 2.45) is 11.3 Å². The lowest BCUT2D eigenvalue weighted by Gasteiger charge is -2.34. The average molecular weight is 491 g/mol. The topological polar surface area (TPSA) is 90.9 Å². The Balaban J connectivity index is 1.82. The number of alkyl halides is 3. The van der Waals surface area contributed by atoms with Crippen LogP contribution in [-0.4, -0.2) is 39.1 Å². The van der Waals surface area contributed by atoms with E-state index >= 15 is 0 Å². The van der Waals surface area contributed by atoms with Gasteiger partial charge in [0.25, 0.3) is 5.91 Å². The van der Waals surface area contributed by atoms with E-state index in [1.54, 1.807) is 22.9 Å². The summed E-state index contributed by atoms with van der Waals surface area (Å²) in [6.45, 7) is 6.83. The summed E-state index contributed by atoms with van der Waals surface area (Å²) in [5.74, 6) is 0.140. The molecule has 1 aromatic carbocycles. The Morgan fingerprint density at radius 2 is 1.94 bits per heavy atom. The summed E-state index contributed by atoms with van der Waals surface area (Å²) >= 11 is 0. The van der Waals surface area contributed by atoms with Crippen molar-refractivity contribution in [3.63, 3.8) is 0 Å². The van der Waals surface area contributed by atoms with Crippen molar-refractivity contribution < 1.29 is 23.1 Å². The number of hydrogen-bond acceptors (Lipinski definition) is 4. The highest BCUT2D eigenvalue weighted by molar-refractivity contribution is 5.93. The summed E-state index contributed by atoms with van der Waals surface area (Å²) in [6.07, 6.45) is -1.54. The van der Waals surface area contributed by atoms with Gasteiger partial charge >= 0.3 is 6.18 Å². The fraction of sp³-hybridized carbons (Fsp3) is 0.577. The number of rotatable bonds is 7. The number of carbonyl (C=O) groups excluding carboxylic acids is 1. The van der Waals surface area contributed by atoms with Crippen LogP contribution in [0.1, 0.15) is 75.0 Å². The standard InChI is InChI=1S/C26H33F3N4O2/c1-5-33-22(13-21(32-33)23(34)31-16-25(35)10-8-17(2)9-11-25)20-7-6-18(12-19(20)15-30)14-24(3,4)26(27,28)29/h6-7,12-13,17,35H,5,8-11,14,16H2,1-4H3,(H,31,34). The van der Waals surface area contributed by atoms with Gasteiger partial charge in [-0.1, -0.05) is 32.9 Å². The van der Waals surface area contributed by atoms with Gasteiger partial charge in [-0.25, -0.2) is 0 Å². The van der Waals surface area contributed by atoms with Crippen molar-refractivity contribution in [1.82, 2.24) is 15.1 Å². The molecule has 3 rings (SSSR count). The van der Waals surface area contributed by atoms with Gasteiger partial charge in [0, 0.05) is 18.7 Å². The molecule has 6 nitrogen and oxygen atoms in total. The number of aromatic nitrogens is 2. The number of nitriles is 1. The highest BCUT2D eigenvalue weighted by Gasteiger charge is 2.47. The normalized spacial score (nSPS) is 20.9. The summed E-state index contributed by atoms with van der Waals surface area (Å²) < 4.78 is 41.5. The Morgan fingerprint density at radius 3 is 2.51 bits per heavy atom. The monoisotopic (exact) mass is 490 g/mol. The van der Waals surface area contributed by atoms with Gasteiger partial charge in [0.2, 0.25) is 0 Å². The van der Waals surface area contributed by atoms with Gasteiger partial charge in [-0.2, -0.15) is 23.5 Å². The zero-order valence-corrected chi connectivity index (χ0v) is 20.7. The highest BCUT2D eigenvalue weighted by Crippen LogP contribution is 2.40. The molecule has 0 spiro atoms. The predicted molar refractivity (Wildman–Crippen MR) is 127 cm³/mol. The molecule has 9 heteroatoms. The van der Waals surface area contributed by atoms with Crippen molar-refractivity contribution in [1.29, 1.82) is 5.26 Å². The number of benzene rings is 1. The summed E-state index contributed by atoms with van der Waals surface area (Å²) in [7, 11) is 0. The van der Waals surface area contributed by atoms with E-state index in [-0.39, 0.29) is 24.2 Å². The Hall–Kier alpha value is -2.86. The van der Waals surface area contributed by atoms with E-state index in [1.807, 2.05) is 6.92 Å². The molecule has 1 saturated carbocycles. The molecule has 0 radical (unpaired) electrons. The third-order valence-corrected chi connectivity index (χ3v) is 6.99. The number of carbonyl (C=O) groups is 1. The van der Waals surface area contributed by atoms with Gasteiger partial charge in [-0.15, -0.1) is 0 Å². The first-order valence-corrected chi connectivity index (χ1v) is 12.0. The molecule has 0 atom stereocenters. The molecular weight excluding hydrogens is 457 g/mol. The fourth-order valence-electron chi connectivity index (χ4n) is 4.42. The van der Waals surface area contributed by atoms with Crippen LogP contribution in [0.4, 0.5) is 13.2 Å². The molecule has 2 N–H and O–H groups in total. The zero-order valence-electron chi connectivity index (χ0n) is 20.7. The summed E-state index contributed by atoms with van der Waals surface area (Å²) in [5.41, 5.74) is -1.06. The van der Waals surface area contributed by atoms with Crippen LogP contribution in [0.5, 0.6) is 0 Å². The SMILES string of the molecule is CCn1nc(C(=O)NCC2(O)CCC(C)CC2)cc1-c1ccc(CC(C)(C)C(F)(F)F)cc1C#N. The summed E-state index contributed by atoms with van der Waals surface area (Å²) in [4.78, 5) is 12.8. The third kappa shape index (κ3) is 6.04. The quantitative estimate of drug-likeness (QED) is 0.555. The largest absolute Gasteiger partial charge is 0.394 e. The van der Waals surface area contributed by atoms with Crippen molar-refractivity contribution >= 4 is 5.91 Å². The van der Waals surface area contributed by atoms with Gasteiger partial charge in [-0.3, -0.25) is 9.48 Å². The minimum Gasteiger partial charge on any atom is -0.388 e. The van der Waals surface area contributed by atoms with E-state index in [0.717, 1.165) is 26.7 Å². The number of hydrogen-bond donors (Lipinski definition) is 2. The lowest BCUT2D eigenvalue weighted by Crippen LogP contribution is -2.45. The first kappa shape index (κ1) is 26.7. The molecule has 0 saturated heterocycles. The van der Waals surface area contributed by atoms with Crippen LogP contribution in [0.25, 0.3) is 11.3 Å². The van der Waals surface area contributed by atoms with Crippen LogP contribution in [-0.2, 0) is 13.0 Å². The lowest BCUT2D eigenvalue weighted by atomic mass is 9.79. The summed E-state index contributed by atoms with van der Waals surface area (Å²) in [6, 6.07) is 8.30. The minimum atomic E-state index is -4.37. The maximum Gasteiger partial charge on any atom is 0.394 e. The predicted octanol–water partition coefficient (Wildman–Crippen LogP) is 5.24. The first-order chi connectivity index (χ1) is 16.3. The van der Waals surface area contributed by atoms with Crippen LogP contribution in [0, 0.1) is 22.7 Å². The van der Waals surface area contributed by atoms with Crippen molar-refractivity contribution in [2.75, 3.05) is 6.54 Å². The van der Waals surface area contributed by atoms with Crippen LogP contribution in [0.15, 0.2) is 24.3 Å². The Labute approximate surface area is 204 Å². The van der Waals surface area contributed by atoms with Crippen LogP contribution in [0.3, 0.4) is 0 Å². The van der Waals surface area contributed by atoms with E-state index in [4.69, 9.17) is 0 Å². The number of nitrogens with one attached hydrogen (secondary N) is 1. The van der Waals surface area contributed by atoms with Crippen LogP contribution < -0.4 is 5.32 Å². The van der Waals surface area contributed by atoms with Crippen LogP contribution in [0.2, 0.25) is 0 Å². The molecule has 2 aromatic rings. The molecule has 1 heterocycles. The minimum absolute atomic E-state index is 0.139. The molecule has 0 unspecified atom stereocenters. The Morgan fingerprint density at radius 1 is 1.29 bits per heavy atom. The average Bonchev–Trinajstić information content (AvgIpc) is 3.23. The molecule has 1 amide bonds. The second-order valence-electron chi connectivity index (χ2n) is 10.4. The van der Waals surface area contributed by atoms with E-state index in [2.05, 4.69) is 23.4 Å². The van der Waals surface area contributed by atoms with Crippen molar-refractivity contribution in [3.8, 4) is 17.3 Å². The van der Waals surface area contributed by atoms with Gasteiger partial charge in [0.1, 0.15) is 0 Å². The molecule has 35 heavy (non-hydrogen) atoms. The number of amides is 1. The van der Waals surface area contributed by atoms with E-state index in [9.17, 15) is 28.3 Å². The molecule has 1 aromatic heterocycles. The van der Waals surface area contributed by atoms with E-state index < -0.39 is 23.1 Å². The number of nitrogens with zero attached hydrogens (tertiary/aromatic N) is 3. The molecular formula is C26H33F3N4O2. The number of aryl methyl sites for hydroxylation is 1. The van der Waals surface area contributed by atoms with Crippen molar-refractivity contribution in [2.45, 2.75) is 78.1 Å². The second-order valence-corrected chi connectivity index (χ2v) is 10.4. The third-order valence-electron chi connectivity index (χ3n) is 6.99. The fourth-order valence-corrected chi connectivity index (χ4v) is 4.42. The Kier molecular flexibility index (Phi) is 7.65. The van der Waals surface area contributed by atoms with E-state index in [1.165, 1.54) is 6.07 Å². The molecule has 1 aliphatic carbocycles. The smallest absolute Gasteiger partial charge is 0.388 e. The van der Waals surface area contributed by atoms with Gasteiger partial charge in [0.05, 0.1) is 28.3 Å². The second kappa shape index (κ2) is 10.0. The maximum atomic E-state index is 13.3. The zero-order chi connectivity index (χ0) is 26.0. The van der Waals surface area contributed by atoms with Gasteiger partial charge in [0.15, 0.2) is 5.69 Å². The molecule has 0 aliphatic heterocycles. The van der Waals surface area contributed by atoms with Gasteiger partial charge < -0.3 is 10.4 Å². The van der Waals surface area contributed by atoms with E-state index in [0.29, 0.717) is 42.1 Å². The molecule has 0 bridgehead atoms. The van der Waals surface area contributed by atoms with Gasteiger partial charge in [-0.05, 0) is 62.6 Å².